The Kier molecular flexibility index (Phi) is 8.47. The summed E-state index contributed by atoms with van der Waals surface area (Å²) in [6, 6.07) is 13.2. The van der Waals surface area contributed by atoms with Crippen molar-refractivity contribution in [2.75, 3.05) is 24.2 Å². The van der Waals surface area contributed by atoms with Gasteiger partial charge < -0.3 is 10.2 Å². The molecule has 0 bridgehead atoms. The zero-order chi connectivity index (χ0) is 23.2. The molecule has 0 aliphatic heterocycles. The SMILES string of the molecule is CCC(C(=O)NC)N(Cc1ccccc1C)C(=O)CN(c1ccccc1Cl)S(C)(=O)=O. The number of carbonyl (C=O) groups is 2. The number of carbonyl (C=O) groups excluding carboxylic acids is 2. The van der Waals surface area contributed by atoms with Crippen LogP contribution in [0.15, 0.2) is 48.5 Å². The molecule has 1 unspecified atom stereocenters. The van der Waals surface area contributed by atoms with Gasteiger partial charge in [0.05, 0.1) is 17.0 Å². The molecule has 9 heteroatoms. The van der Waals surface area contributed by atoms with Gasteiger partial charge in [-0.05, 0) is 36.6 Å². The fraction of sp³-hybridized carbons (Fsp3) is 0.364. The second-order valence-electron chi connectivity index (χ2n) is 7.21. The van der Waals surface area contributed by atoms with Crippen molar-refractivity contribution in [1.82, 2.24) is 10.2 Å². The van der Waals surface area contributed by atoms with Crippen molar-refractivity contribution in [3.05, 3.63) is 64.7 Å². The van der Waals surface area contributed by atoms with Crippen LogP contribution < -0.4 is 9.62 Å². The molecule has 0 saturated heterocycles. The fourth-order valence-electron chi connectivity index (χ4n) is 3.31. The van der Waals surface area contributed by atoms with Crippen molar-refractivity contribution in [2.24, 2.45) is 0 Å². The van der Waals surface area contributed by atoms with Gasteiger partial charge in [-0.1, -0.05) is 54.9 Å². The van der Waals surface area contributed by atoms with Gasteiger partial charge in [0.25, 0.3) is 0 Å². The summed E-state index contributed by atoms with van der Waals surface area (Å²) < 4.78 is 26.0. The molecule has 0 fully saturated rings. The van der Waals surface area contributed by atoms with E-state index in [2.05, 4.69) is 5.32 Å². The molecule has 2 aromatic rings. The molecule has 0 aromatic heterocycles. The van der Waals surface area contributed by atoms with Crippen LogP contribution in [0.25, 0.3) is 0 Å². The van der Waals surface area contributed by atoms with Gasteiger partial charge in [0.2, 0.25) is 21.8 Å². The maximum absolute atomic E-state index is 13.4. The Morgan fingerprint density at radius 1 is 1.10 bits per heavy atom. The molecule has 0 heterocycles. The first-order chi connectivity index (χ1) is 14.6. The van der Waals surface area contributed by atoms with Crippen molar-refractivity contribution in [2.45, 2.75) is 32.9 Å². The van der Waals surface area contributed by atoms with Crippen LogP contribution in [0.4, 0.5) is 5.69 Å². The van der Waals surface area contributed by atoms with Gasteiger partial charge in [0, 0.05) is 13.6 Å². The van der Waals surface area contributed by atoms with Gasteiger partial charge in [-0.25, -0.2) is 8.42 Å². The monoisotopic (exact) mass is 465 g/mol. The third-order valence-corrected chi connectivity index (χ3v) is 6.48. The Bertz CT molecular complexity index is 1040. The van der Waals surface area contributed by atoms with Gasteiger partial charge in [0.1, 0.15) is 12.6 Å². The molecule has 0 spiro atoms. The zero-order valence-corrected chi connectivity index (χ0v) is 19.7. The summed E-state index contributed by atoms with van der Waals surface area (Å²) in [4.78, 5) is 27.4. The number of hydrogen-bond donors (Lipinski definition) is 1. The van der Waals surface area contributed by atoms with Gasteiger partial charge >= 0.3 is 0 Å². The number of amides is 2. The molecule has 7 nitrogen and oxygen atoms in total. The predicted molar refractivity (Wildman–Crippen MR) is 124 cm³/mol. The number of benzene rings is 2. The van der Waals surface area contributed by atoms with E-state index in [9.17, 15) is 18.0 Å². The Balaban J connectivity index is 2.46. The number of likely N-dealkylation sites (N-methyl/N-ethyl adjacent to an activating group) is 1. The van der Waals surface area contributed by atoms with Gasteiger partial charge in [-0.15, -0.1) is 0 Å². The van der Waals surface area contributed by atoms with Gasteiger partial charge in [-0.3, -0.25) is 13.9 Å². The summed E-state index contributed by atoms with van der Waals surface area (Å²) in [5, 5.41) is 2.80. The molecule has 31 heavy (non-hydrogen) atoms. The van der Waals surface area contributed by atoms with Crippen LogP contribution in [0.1, 0.15) is 24.5 Å². The molecule has 0 radical (unpaired) electrons. The highest BCUT2D eigenvalue weighted by molar-refractivity contribution is 7.92. The van der Waals surface area contributed by atoms with Crippen LogP contribution >= 0.6 is 11.6 Å². The summed E-state index contributed by atoms with van der Waals surface area (Å²) in [6.45, 7) is 3.44. The molecule has 1 N–H and O–H groups in total. The zero-order valence-electron chi connectivity index (χ0n) is 18.1. The maximum Gasteiger partial charge on any atom is 0.244 e. The lowest BCUT2D eigenvalue weighted by Crippen LogP contribution is -2.51. The fourth-order valence-corrected chi connectivity index (χ4v) is 4.46. The second-order valence-corrected chi connectivity index (χ2v) is 9.52. The molecule has 2 aromatic carbocycles. The molecule has 2 amide bonds. The largest absolute Gasteiger partial charge is 0.357 e. The minimum atomic E-state index is -3.81. The summed E-state index contributed by atoms with van der Waals surface area (Å²) in [5.41, 5.74) is 2.06. The first kappa shape index (κ1) is 24.7. The van der Waals surface area contributed by atoms with E-state index in [1.54, 1.807) is 31.2 Å². The van der Waals surface area contributed by atoms with Crippen molar-refractivity contribution in [3.63, 3.8) is 0 Å². The number of rotatable bonds is 9. The van der Waals surface area contributed by atoms with E-state index >= 15 is 0 Å². The standard InChI is InChI=1S/C22H28ClN3O4S/c1-5-19(22(28)24-3)25(14-17-11-7-6-10-16(17)2)21(27)15-26(31(4,29)30)20-13-9-8-12-18(20)23/h6-13,19H,5,14-15H2,1-4H3,(H,24,28). The third-order valence-electron chi connectivity index (χ3n) is 5.03. The summed E-state index contributed by atoms with van der Waals surface area (Å²) in [7, 11) is -2.30. The molecule has 1 atom stereocenters. The Labute approximate surface area is 189 Å². The number of hydrogen-bond acceptors (Lipinski definition) is 4. The lowest BCUT2D eigenvalue weighted by Gasteiger charge is -2.33. The molecule has 0 saturated carbocycles. The Hall–Kier alpha value is -2.58. The molecule has 2 rings (SSSR count). The third kappa shape index (κ3) is 6.21. The van der Waals surface area contributed by atoms with Crippen molar-refractivity contribution >= 4 is 39.1 Å². The minimum Gasteiger partial charge on any atom is -0.357 e. The quantitative estimate of drug-likeness (QED) is 0.616. The number of nitrogens with one attached hydrogen (secondary N) is 1. The number of anilines is 1. The van der Waals surface area contributed by atoms with Gasteiger partial charge in [0.15, 0.2) is 0 Å². The number of nitrogens with zero attached hydrogens (tertiary/aromatic N) is 2. The number of aryl methyl sites for hydroxylation is 1. The number of para-hydroxylation sites is 1. The van der Waals surface area contributed by atoms with Gasteiger partial charge in [-0.2, -0.15) is 0 Å². The lowest BCUT2D eigenvalue weighted by molar-refractivity contribution is -0.140. The van der Waals surface area contributed by atoms with E-state index in [4.69, 9.17) is 11.6 Å². The van der Waals surface area contributed by atoms with Crippen LogP contribution in [0.3, 0.4) is 0 Å². The lowest BCUT2D eigenvalue weighted by atomic mass is 10.1. The second kappa shape index (κ2) is 10.6. The topological polar surface area (TPSA) is 86.8 Å². The van der Waals surface area contributed by atoms with E-state index in [1.165, 1.54) is 11.9 Å². The van der Waals surface area contributed by atoms with E-state index in [0.717, 1.165) is 21.7 Å². The van der Waals surface area contributed by atoms with Crippen LogP contribution in [0, 0.1) is 6.92 Å². The first-order valence-electron chi connectivity index (χ1n) is 9.88. The summed E-state index contributed by atoms with van der Waals surface area (Å²) >= 11 is 6.21. The highest BCUT2D eigenvalue weighted by atomic mass is 35.5. The van der Waals surface area contributed by atoms with E-state index in [1.807, 2.05) is 31.2 Å². The molecular formula is C22H28ClN3O4S. The van der Waals surface area contributed by atoms with E-state index in [0.29, 0.717) is 6.42 Å². The smallest absolute Gasteiger partial charge is 0.244 e. The Morgan fingerprint density at radius 3 is 2.26 bits per heavy atom. The minimum absolute atomic E-state index is 0.178. The molecular weight excluding hydrogens is 438 g/mol. The van der Waals surface area contributed by atoms with Crippen LogP contribution in [0.2, 0.25) is 5.02 Å². The van der Waals surface area contributed by atoms with Crippen molar-refractivity contribution in [3.8, 4) is 0 Å². The summed E-state index contributed by atoms with van der Waals surface area (Å²) in [6.07, 6.45) is 1.40. The van der Waals surface area contributed by atoms with Crippen LogP contribution in [0.5, 0.6) is 0 Å². The highest BCUT2D eigenvalue weighted by Crippen LogP contribution is 2.27. The number of sulfonamides is 1. The van der Waals surface area contributed by atoms with Crippen molar-refractivity contribution < 1.29 is 18.0 Å². The van der Waals surface area contributed by atoms with Crippen LogP contribution in [-0.2, 0) is 26.2 Å². The highest BCUT2D eigenvalue weighted by Gasteiger charge is 2.32. The van der Waals surface area contributed by atoms with Crippen LogP contribution in [-0.4, -0.2) is 51.0 Å². The molecule has 168 valence electrons. The summed E-state index contributed by atoms with van der Waals surface area (Å²) in [5.74, 6) is -0.808. The average Bonchev–Trinajstić information content (AvgIpc) is 2.72. The predicted octanol–water partition coefficient (Wildman–Crippen LogP) is 2.97. The number of halogens is 1. The van der Waals surface area contributed by atoms with E-state index in [-0.39, 0.29) is 23.2 Å². The average molecular weight is 466 g/mol. The molecule has 0 aliphatic rings. The Morgan fingerprint density at radius 2 is 1.71 bits per heavy atom. The van der Waals surface area contributed by atoms with E-state index < -0.39 is 28.5 Å². The first-order valence-corrected chi connectivity index (χ1v) is 12.1. The maximum atomic E-state index is 13.4. The normalized spacial score (nSPS) is 12.2. The molecule has 0 aliphatic carbocycles. The van der Waals surface area contributed by atoms with Crippen molar-refractivity contribution in [1.29, 1.82) is 0 Å².